The number of hydrogen-bond donors (Lipinski definition) is 3. The van der Waals surface area contributed by atoms with Crippen LogP contribution in [-0.4, -0.2) is 23.7 Å². The van der Waals surface area contributed by atoms with E-state index in [0.717, 1.165) is 18.4 Å². The lowest BCUT2D eigenvalue weighted by molar-refractivity contribution is 0.0697. The summed E-state index contributed by atoms with van der Waals surface area (Å²) in [5.41, 5.74) is 1.91. The molecule has 1 aromatic carbocycles. The minimum atomic E-state index is -0.968. The van der Waals surface area contributed by atoms with Crippen LogP contribution < -0.4 is 10.6 Å². The van der Waals surface area contributed by atoms with Crippen LogP contribution in [0.5, 0.6) is 0 Å². The molecule has 0 spiro atoms. The highest BCUT2D eigenvalue weighted by Gasteiger charge is 2.41. The van der Waals surface area contributed by atoms with E-state index in [1.807, 2.05) is 0 Å². The van der Waals surface area contributed by atoms with E-state index in [2.05, 4.69) is 17.6 Å². The lowest BCUT2D eigenvalue weighted by Gasteiger charge is -2.16. The van der Waals surface area contributed by atoms with Crippen LogP contribution in [0.25, 0.3) is 0 Å². The Morgan fingerprint density at radius 1 is 1.33 bits per heavy atom. The summed E-state index contributed by atoms with van der Waals surface area (Å²) in [6.45, 7) is 4.65. The van der Waals surface area contributed by atoms with Crippen molar-refractivity contribution in [3.05, 3.63) is 29.3 Å². The van der Waals surface area contributed by atoms with Gasteiger partial charge in [-0.25, -0.2) is 9.59 Å². The summed E-state index contributed by atoms with van der Waals surface area (Å²) in [5.74, 6) is -0.968. The predicted molar refractivity (Wildman–Crippen MR) is 81.7 cm³/mol. The molecule has 21 heavy (non-hydrogen) atoms. The molecule has 0 bridgehead atoms. The molecule has 114 valence electrons. The minimum absolute atomic E-state index is 0.221. The van der Waals surface area contributed by atoms with E-state index < -0.39 is 5.97 Å². The standard InChI is InChI=1S/C16H22N2O3/c1-3-6-16(7-8-16)10-17-15(21)18-13-5-4-12(14(19)20)9-11(13)2/h4-5,9H,3,6-8,10H2,1-2H3,(H,19,20)(H2,17,18,21). The van der Waals surface area contributed by atoms with Crippen molar-refractivity contribution in [1.29, 1.82) is 0 Å². The fourth-order valence-electron chi connectivity index (χ4n) is 2.59. The number of amides is 2. The maximum atomic E-state index is 11.9. The highest BCUT2D eigenvalue weighted by Crippen LogP contribution is 2.48. The number of carboxylic acid groups (broad SMARTS) is 1. The van der Waals surface area contributed by atoms with Crippen LogP contribution in [-0.2, 0) is 0 Å². The van der Waals surface area contributed by atoms with Crippen molar-refractivity contribution in [3.8, 4) is 0 Å². The number of carbonyl (C=O) groups is 2. The minimum Gasteiger partial charge on any atom is -0.478 e. The van der Waals surface area contributed by atoms with Crippen molar-refractivity contribution < 1.29 is 14.7 Å². The van der Waals surface area contributed by atoms with Gasteiger partial charge in [0.05, 0.1) is 5.56 Å². The van der Waals surface area contributed by atoms with Gasteiger partial charge in [0.2, 0.25) is 0 Å². The average Bonchev–Trinajstić information content (AvgIpc) is 3.19. The molecule has 0 aromatic heterocycles. The highest BCUT2D eigenvalue weighted by molar-refractivity contribution is 5.92. The highest BCUT2D eigenvalue weighted by atomic mass is 16.4. The first-order chi connectivity index (χ1) is 9.96. The van der Waals surface area contributed by atoms with Gasteiger partial charge in [0, 0.05) is 12.2 Å². The average molecular weight is 290 g/mol. The number of anilines is 1. The second-order valence-corrected chi connectivity index (χ2v) is 5.89. The van der Waals surface area contributed by atoms with Crippen molar-refractivity contribution in [3.63, 3.8) is 0 Å². The summed E-state index contributed by atoms with van der Waals surface area (Å²) in [4.78, 5) is 22.8. The van der Waals surface area contributed by atoms with E-state index in [9.17, 15) is 9.59 Å². The van der Waals surface area contributed by atoms with Crippen LogP contribution in [0.4, 0.5) is 10.5 Å². The third-order valence-corrected chi connectivity index (χ3v) is 4.08. The van der Waals surface area contributed by atoms with Gasteiger partial charge < -0.3 is 15.7 Å². The third-order valence-electron chi connectivity index (χ3n) is 4.08. The van der Waals surface area contributed by atoms with Gasteiger partial charge in [-0.05, 0) is 55.4 Å². The molecule has 1 aliphatic rings. The van der Waals surface area contributed by atoms with Gasteiger partial charge in [0.1, 0.15) is 0 Å². The smallest absolute Gasteiger partial charge is 0.335 e. The Labute approximate surface area is 124 Å². The van der Waals surface area contributed by atoms with Crippen molar-refractivity contribution in [2.75, 3.05) is 11.9 Å². The summed E-state index contributed by atoms with van der Waals surface area (Å²) in [7, 11) is 0. The molecule has 0 atom stereocenters. The lowest BCUT2D eigenvalue weighted by Crippen LogP contribution is -2.34. The maximum Gasteiger partial charge on any atom is 0.335 e. The molecule has 0 heterocycles. The number of benzene rings is 1. The second-order valence-electron chi connectivity index (χ2n) is 5.89. The SMILES string of the molecule is CCCC1(CNC(=O)Nc2ccc(C(=O)O)cc2C)CC1. The van der Waals surface area contributed by atoms with E-state index in [0.29, 0.717) is 17.6 Å². The number of urea groups is 1. The monoisotopic (exact) mass is 290 g/mol. The zero-order valence-corrected chi connectivity index (χ0v) is 12.5. The van der Waals surface area contributed by atoms with Crippen LogP contribution in [0, 0.1) is 12.3 Å². The van der Waals surface area contributed by atoms with Crippen LogP contribution >= 0.6 is 0 Å². The van der Waals surface area contributed by atoms with Crippen LogP contribution in [0.3, 0.4) is 0 Å². The summed E-state index contributed by atoms with van der Waals surface area (Å²) >= 11 is 0. The molecule has 3 N–H and O–H groups in total. The Bertz CT molecular complexity index is 550. The van der Waals surface area contributed by atoms with Crippen molar-refractivity contribution in [2.45, 2.75) is 39.5 Å². The normalized spacial score (nSPS) is 15.3. The largest absolute Gasteiger partial charge is 0.478 e. The molecule has 5 nitrogen and oxygen atoms in total. The first-order valence-electron chi connectivity index (χ1n) is 7.34. The fraction of sp³-hybridized carbons (Fsp3) is 0.500. The van der Waals surface area contributed by atoms with Gasteiger partial charge in [0.25, 0.3) is 0 Å². The Kier molecular flexibility index (Phi) is 4.50. The van der Waals surface area contributed by atoms with Crippen LogP contribution in [0.2, 0.25) is 0 Å². The van der Waals surface area contributed by atoms with Crippen molar-refractivity contribution >= 4 is 17.7 Å². The summed E-state index contributed by atoms with van der Waals surface area (Å²) in [5, 5.41) is 14.6. The van der Waals surface area contributed by atoms with Gasteiger partial charge >= 0.3 is 12.0 Å². The van der Waals surface area contributed by atoms with E-state index in [1.54, 1.807) is 19.1 Å². The summed E-state index contributed by atoms with van der Waals surface area (Å²) in [6, 6.07) is 4.43. The number of carbonyl (C=O) groups excluding carboxylic acids is 1. The Morgan fingerprint density at radius 2 is 2.05 bits per heavy atom. The van der Waals surface area contributed by atoms with Gasteiger partial charge in [-0.3, -0.25) is 0 Å². The molecule has 1 fully saturated rings. The second kappa shape index (κ2) is 6.16. The molecule has 0 aliphatic heterocycles. The zero-order valence-electron chi connectivity index (χ0n) is 12.5. The molecule has 1 aromatic rings. The molecule has 2 amide bonds. The lowest BCUT2D eigenvalue weighted by atomic mass is 10.0. The Hall–Kier alpha value is -2.04. The first-order valence-corrected chi connectivity index (χ1v) is 7.34. The molecule has 5 heteroatoms. The zero-order chi connectivity index (χ0) is 15.5. The maximum absolute atomic E-state index is 11.9. The number of aryl methyl sites for hydroxylation is 1. The molecule has 1 saturated carbocycles. The van der Waals surface area contributed by atoms with E-state index >= 15 is 0 Å². The van der Waals surface area contributed by atoms with Gasteiger partial charge in [-0.2, -0.15) is 0 Å². The molecule has 0 radical (unpaired) electrons. The van der Waals surface area contributed by atoms with Crippen molar-refractivity contribution in [1.82, 2.24) is 5.32 Å². The molecule has 0 saturated heterocycles. The number of carboxylic acids is 1. The van der Waals surface area contributed by atoms with Gasteiger partial charge in [0.15, 0.2) is 0 Å². The Balaban J connectivity index is 1.89. The van der Waals surface area contributed by atoms with E-state index in [1.165, 1.54) is 18.9 Å². The van der Waals surface area contributed by atoms with Gasteiger partial charge in [-0.1, -0.05) is 13.3 Å². The van der Waals surface area contributed by atoms with Crippen LogP contribution in [0.15, 0.2) is 18.2 Å². The first kappa shape index (κ1) is 15.4. The van der Waals surface area contributed by atoms with E-state index in [-0.39, 0.29) is 11.6 Å². The van der Waals surface area contributed by atoms with Crippen molar-refractivity contribution in [2.24, 2.45) is 5.41 Å². The molecular formula is C16H22N2O3. The molecule has 1 aliphatic carbocycles. The topological polar surface area (TPSA) is 78.4 Å². The third kappa shape index (κ3) is 3.97. The fourth-order valence-corrected chi connectivity index (χ4v) is 2.59. The number of hydrogen-bond acceptors (Lipinski definition) is 2. The molecule has 0 unspecified atom stereocenters. The predicted octanol–water partition coefficient (Wildman–Crippen LogP) is 3.40. The molecular weight excluding hydrogens is 268 g/mol. The Morgan fingerprint density at radius 3 is 2.57 bits per heavy atom. The van der Waals surface area contributed by atoms with E-state index in [4.69, 9.17) is 5.11 Å². The van der Waals surface area contributed by atoms with Crippen LogP contribution in [0.1, 0.15) is 48.5 Å². The summed E-state index contributed by atoms with van der Waals surface area (Å²) < 4.78 is 0. The number of rotatable bonds is 6. The molecule has 2 rings (SSSR count). The summed E-state index contributed by atoms with van der Waals surface area (Å²) in [6.07, 6.45) is 4.67. The van der Waals surface area contributed by atoms with Gasteiger partial charge in [-0.15, -0.1) is 0 Å². The number of aromatic carboxylic acids is 1. The quantitative estimate of drug-likeness (QED) is 0.751. The number of nitrogens with one attached hydrogen (secondary N) is 2.